The van der Waals surface area contributed by atoms with Gasteiger partial charge in [0, 0.05) is 51.2 Å². The fourth-order valence-electron chi connectivity index (χ4n) is 10.1. The van der Waals surface area contributed by atoms with Crippen molar-refractivity contribution < 1.29 is 27.9 Å². The molecule has 70 heavy (non-hydrogen) atoms. The van der Waals surface area contributed by atoms with Crippen LogP contribution in [0.5, 0.6) is 0 Å². The van der Waals surface area contributed by atoms with E-state index in [-0.39, 0.29) is 11.9 Å². The first-order valence-corrected chi connectivity index (χ1v) is 27.0. The molecule has 2 heterocycles. The van der Waals surface area contributed by atoms with Gasteiger partial charge in [0.15, 0.2) is 0 Å². The molecule has 0 unspecified atom stereocenters. The average molecular weight is 947 g/mol. The molecular weight excluding hydrogens is 869 g/mol. The number of nitrogens with zero attached hydrogens (tertiary/aromatic N) is 2. The van der Waals surface area contributed by atoms with Crippen molar-refractivity contribution in [3.8, 4) is 44.9 Å². The smallest absolute Gasteiger partial charge is 0.338 e. The Labute approximate surface area is 416 Å². The second-order valence-corrected chi connectivity index (χ2v) is 18.8. The van der Waals surface area contributed by atoms with Crippen LogP contribution in [0.2, 0.25) is 0 Å². The number of carbonyl (C=O) groups excluding carboxylic acids is 2. The highest BCUT2D eigenvalue weighted by molar-refractivity contribution is 6.14. The van der Waals surface area contributed by atoms with E-state index >= 15 is 0 Å². The third-order valence-electron chi connectivity index (χ3n) is 14.1. The minimum Gasteiger partial charge on any atom is -0.462 e. The molecule has 0 saturated carbocycles. The first-order chi connectivity index (χ1) is 34.3. The van der Waals surface area contributed by atoms with E-state index in [1.165, 1.54) is 64.2 Å². The van der Waals surface area contributed by atoms with Crippen molar-refractivity contribution in [3.63, 3.8) is 0 Å². The number of hydrogen-bond donors (Lipinski definition) is 0. The van der Waals surface area contributed by atoms with Crippen LogP contribution in [0.15, 0.2) is 106 Å². The lowest BCUT2D eigenvalue weighted by atomic mass is 9.87. The Kier molecular flexibility index (Phi) is 19.4. The van der Waals surface area contributed by atoms with Gasteiger partial charge in [0.1, 0.15) is 48.9 Å². The molecule has 8 heteroatoms. The van der Waals surface area contributed by atoms with Gasteiger partial charge >= 0.3 is 11.9 Å². The van der Waals surface area contributed by atoms with E-state index in [1.54, 1.807) is 0 Å². The van der Waals surface area contributed by atoms with Crippen LogP contribution in [0.25, 0.3) is 66.8 Å². The molecule has 0 spiro atoms. The number of ether oxygens (including phenoxy) is 2. The largest absolute Gasteiger partial charge is 0.462 e. The maximum atomic E-state index is 14.2. The Morgan fingerprint density at radius 3 is 1.17 bits per heavy atom. The second kappa shape index (κ2) is 26.3. The summed E-state index contributed by atoms with van der Waals surface area (Å²) < 4.78 is 30.6. The quantitative estimate of drug-likeness (QED) is 0.0233. The van der Waals surface area contributed by atoms with Gasteiger partial charge in [0.2, 0.25) is 10.7 Å². The van der Waals surface area contributed by atoms with E-state index in [0.717, 1.165) is 120 Å². The third-order valence-corrected chi connectivity index (χ3v) is 14.1. The Hall–Kier alpha value is -6.02. The zero-order valence-corrected chi connectivity index (χ0v) is 43.1. The van der Waals surface area contributed by atoms with Crippen LogP contribution in [-0.2, 0) is 9.47 Å². The first-order valence-electron chi connectivity index (χ1n) is 27.0. The topological polar surface area (TPSA) is 84.9 Å². The molecule has 2 aliphatic carbocycles. The summed E-state index contributed by atoms with van der Waals surface area (Å²) in [6, 6.07) is 32.4. The van der Waals surface area contributed by atoms with E-state index in [1.807, 2.05) is 54.6 Å². The molecule has 8 nitrogen and oxygen atoms in total. The van der Waals surface area contributed by atoms with Crippen molar-refractivity contribution in [2.75, 3.05) is 39.4 Å². The van der Waals surface area contributed by atoms with Gasteiger partial charge in [-0.25, -0.2) is 18.7 Å². The number of benzene rings is 5. The minimum atomic E-state index is -0.341. The van der Waals surface area contributed by atoms with Crippen molar-refractivity contribution in [1.29, 1.82) is 0 Å². The van der Waals surface area contributed by atoms with Gasteiger partial charge < -0.3 is 18.3 Å². The van der Waals surface area contributed by atoms with Crippen LogP contribution in [-0.4, -0.2) is 51.3 Å². The van der Waals surface area contributed by atoms with Crippen LogP contribution in [0.4, 0.5) is 0 Å². The number of hydrogen-bond acceptors (Lipinski definition) is 6. The normalized spacial score (nSPS) is 11.5. The van der Waals surface area contributed by atoms with Gasteiger partial charge in [-0.3, -0.25) is 0 Å². The van der Waals surface area contributed by atoms with E-state index in [2.05, 4.69) is 93.2 Å². The molecule has 0 fully saturated rings. The van der Waals surface area contributed by atoms with Crippen molar-refractivity contribution in [3.05, 3.63) is 119 Å². The molecule has 0 atom stereocenters. The summed E-state index contributed by atoms with van der Waals surface area (Å²) in [5.41, 5.74) is 7.23. The minimum absolute atomic E-state index is 0.341. The standard InChI is InChI=1S/C62H78N2O6/c1-7-13-15-17-19-21-23-29-39-67-61(65)49-33-27-25-31-47(49)59-51-37-35-45(63(9-3)10-4)41-55(51)69-57-44-58-54(43-53(57)59)60(52-38-36-46(42-56(52)70-58)64(11-5)12-6)48-32-26-28-34-50(48)62(66)68-40-30-24-22-20-18-16-14-8-2/h25-28,31-38,41-44H,7-24,29-30,39-40H2,1-6H3/q+2. The molecule has 2 aliphatic heterocycles. The maximum absolute atomic E-state index is 14.2. The monoisotopic (exact) mass is 947 g/mol. The maximum Gasteiger partial charge on any atom is 0.338 e. The molecule has 0 amide bonds. The highest BCUT2D eigenvalue weighted by Gasteiger charge is 2.27. The molecule has 0 N–H and O–H groups in total. The Balaban J connectivity index is 1.38. The molecule has 7 rings (SSSR count). The number of unbranched alkanes of at least 4 members (excludes halogenated alkanes) is 14. The van der Waals surface area contributed by atoms with Gasteiger partial charge in [0.25, 0.3) is 0 Å². The fraction of sp³-hybridized carbons (Fsp3) is 0.452. The van der Waals surface area contributed by atoms with Crippen LogP contribution < -0.4 is 19.9 Å². The van der Waals surface area contributed by atoms with E-state index in [4.69, 9.17) is 18.3 Å². The molecular formula is C62H78N2O6+2. The van der Waals surface area contributed by atoms with Crippen LogP contribution in [0.3, 0.4) is 0 Å². The highest BCUT2D eigenvalue weighted by Crippen LogP contribution is 2.47. The van der Waals surface area contributed by atoms with E-state index < -0.39 is 0 Å². The Bertz CT molecular complexity index is 2710. The summed E-state index contributed by atoms with van der Waals surface area (Å²) in [6.45, 7) is 17.2. The summed E-state index contributed by atoms with van der Waals surface area (Å²) in [7, 11) is 0. The van der Waals surface area contributed by atoms with Crippen LogP contribution >= 0.6 is 0 Å². The summed E-state index contributed by atoms with van der Waals surface area (Å²) in [4.78, 5) is 28.4. The SMILES string of the molecule is CCCCCCCCCCOC(=O)c1ccccc1-c1c2ccc(=[N+](CC)CC)cc-2oc2cc3oc4cc(=[N+](CC)CC)ccc-4c(-c4ccccc4C(=O)OCCCCCCCCCC)c3cc12. The number of carbonyl (C=O) groups is 2. The summed E-state index contributed by atoms with van der Waals surface area (Å²) in [5, 5.41) is 3.73. The first kappa shape index (κ1) is 51.8. The van der Waals surface area contributed by atoms with Crippen LogP contribution in [0.1, 0.15) is 165 Å². The van der Waals surface area contributed by atoms with Crippen molar-refractivity contribution in [2.24, 2.45) is 0 Å². The number of esters is 2. The van der Waals surface area contributed by atoms with E-state index in [0.29, 0.717) is 47.0 Å². The fourth-order valence-corrected chi connectivity index (χ4v) is 10.1. The highest BCUT2D eigenvalue weighted by atomic mass is 16.5. The molecule has 4 aliphatic rings. The lowest BCUT2D eigenvalue weighted by Crippen LogP contribution is -2.29. The molecule has 3 aromatic carbocycles. The molecule has 3 aromatic rings. The Morgan fingerprint density at radius 2 is 0.786 bits per heavy atom. The van der Waals surface area contributed by atoms with Crippen molar-refractivity contribution >= 4 is 33.9 Å². The lowest BCUT2D eigenvalue weighted by molar-refractivity contribution is 0.0489. The van der Waals surface area contributed by atoms with Gasteiger partial charge in [0.05, 0.1) is 36.5 Å². The Morgan fingerprint density at radius 1 is 0.414 bits per heavy atom. The van der Waals surface area contributed by atoms with Gasteiger partial charge in [-0.15, -0.1) is 0 Å². The predicted octanol–water partition coefficient (Wildman–Crippen LogP) is 14.9. The van der Waals surface area contributed by atoms with Gasteiger partial charge in [-0.1, -0.05) is 140 Å². The molecule has 0 bridgehead atoms. The summed E-state index contributed by atoms with van der Waals surface area (Å²) in [6.07, 6.45) is 18.7. The van der Waals surface area contributed by atoms with Gasteiger partial charge in [-0.05, 0) is 82.0 Å². The third kappa shape index (κ3) is 12.5. The lowest BCUT2D eigenvalue weighted by Gasteiger charge is -2.20. The summed E-state index contributed by atoms with van der Waals surface area (Å²) in [5.74, 6) is 0.711. The molecule has 0 saturated heterocycles. The van der Waals surface area contributed by atoms with Gasteiger partial charge in [-0.2, -0.15) is 0 Å². The number of fused-ring (bicyclic) bond motifs is 4. The zero-order chi connectivity index (χ0) is 49.2. The van der Waals surface area contributed by atoms with E-state index in [9.17, 15) is 9.59 Å². The summed E-state index contributed by atoms with van der Waals surface area (Å²) >= 11 is 0. The molecule has 370 valence electrons. The molecule has 0 radical (unpaired) electrons. The average Bonchev–Trinajstić information content (AvgIpc) is 3.38. The number of rotatable bonds is 26. The predicted molar refractivity (Wildman–Crippen MR) is 289 cm³/mol. The van der Waals surface area contributed by atoms with Crippen LogP contribution in [0, 0.1) is 0 Å². The zero-order valence-electron chi connectivity index (χ0n) is 43.1. The molecule has 0 aromatic heterocycles. The van der Waals surface area contributed by atoms with Crippen molar-refractivity contribution in [1.82, 2.24) is 9.15 Å². The second-order valence-electron chi connectivity index (χ2n) is 18.8. The van der Waals surface area contributed by atoms with Crippen molar-refractivity contribution in [2.45, 2.75) is 144 Å².